The van der Waals surface area contributed by atoms with Gasteiger partial charge < -0.3 is 20.3 Å². The van der Waals surface area contributed by atoms with Gasteiger partial charge in [-0.2, -0.15) is 0 Å². The van der Waals surface area contributed by atoms with Crippen LogP contribution < -0.4 is 5.32 Å². The molecule has 1 amide bonds. The highest BCUT2D eigenvalue weighted by Gasteiger charge is 2.20. The van der Waals surface area contributed by atoms with E-state index in [0.29, 0.717) is 25.9 Å². The molecule has 0 aliphatic heterocycles. The SMILES string of the molecule is CCCCCCCCCCCCCCCCCCCCC(=O)OCCCCCC/C=C\CCCC(=O)NC(CO)C(O)CCCCCCCCCCCCC. The van der Waals surface area contributed by atoms with Crippen molar-refractivity contribution in [2.45, 2.75) is 276 Å². The topological polar surface area (TPSA) is 95.9 Å². The summed E-state index contributed by atoms with van der Waals surface area (Å²) in [5.41, 5.74) is 0. The van der Waals surface area contributed by atoms with Crippen molar-refractivity contribution >= 4 is 11.9 Å². The average molecular weight is 778 g/mol. The van der Waals surface area contributed by atoms with Gasteiger partial charge in [0.05, 0.1) is 25.4 Å². The molecule has 2 atom stereocenters. The molecule has 0 fully saturated rings. The number of hydrogen-bond donors (Lipinski definition) is 3. The molecule has 0 aliphatic carbocycles. The third-order valence-corrected chi connectivity index (χ3v) is 11.3. The third-order valence-electron chi connectivity index (χ3n) is 11.3. The molecule has 6 nitrogen and oxygen atoms in total. The number of esters is 1. The lowest BCUT2D eigenvalue weighted by atomic mass is 10.0. The van der Waals surface area contributed by atoms with Crippen LogP contribution in [0.4, 0.5) is 0 Å². The number of rotatable bonds is 45. The predicted molar refractivity (Wildman–Crippen MR) is 237 cm³/mol. The number of aliphatic hydroxyl groups is 2. The summed E-state index contributed by atoms with van der Waals surface area (Å²) in [6.45, 7) is 4.86. The van der Waals surface area contributed by atoms with E-state index in [0.717, 1.165) is 70.6 Å². The molecule has 0 spiro atoms. The summed E-state index contributed by atoms with van der Waals surface area (Å²) < 4.78 is 5.44. The van der Waals surface area contributed by atoms with Crippen molar-refractivity contribution < 1.29 is 24.5 Å². The lowest BCUT2D eigenvalue weighted by Gasteiger charge is -2.22. The number of carbonyl (C=O) groups is 2. The monoisotopic (exact) mass is 778 g/mol. The van der Waals surface area contributed by atoms with Gasteiger partial charge in [-0.3, -0.25) is 9.59 Å². The lowest BCUT2D eigenvalue weighted by molar-refractivity contribution is -0.143. The zero-order valence-electron chi connectivity index (χ0n) is 36.9. The first-order chi connectivity index (χ1) is 27.0. The molecule has 0 aromatic rings. The second-order valence-corrected chi connectivity index (χ2v) is 16.8. The maximum absolute atomic E-state index is 12.4. The molecule has 0 saturated carbocycles. The third kappa shape index (κ3) is 42.0. The van der Waals surface area contributed by atoms with E-state index in [2.05, 4.69) is 31.3 Å². The fourth-order valence-electron chi connectivity index (χ4n) is 7.52. The fraction of sp³-hybridized carbons (Fsp3) is 0.918. The first-order valence-corrected chi connectivity index (χ1v) is 24.4. The first kappa shape index (κ1) is 53.6. The van der Waals surface area contributed by atoms with Crippen molar-refractivity contribution in [3.8, 4) is 0 Å². The second-order valence-electron chi connectivity index (χ2n) is 16.8. The zero-order valence-corrected chi connectivity index (χ0v) is 36.9. The van der Waals surface area contributed by atoms with Gasteiger partial charge in [-0.25, -0.2) is 0 Å². The quantitative estimate of drug-likeness (QED) is 0.0325. The summed E-state index contributed by atoms with van der Waals surface area (Å²) in [5.74, 6) is -0.128. The Hall–Kier alpha value is -1.40. The Kier molecular flexibility index (Phi) is 44.2. The molecule has 6 heteroatoms. The molecule has 0 bridgehead atoms. The molecule has 0 radical (unpaired) electrons. The number of aliphatic hydroxyl groups excluding tert-OH is 2. The Morgan fingerprint density at radius 3 is 1.33 bits per heavy atom. The van der Waals surface area contributed by atoms with Crippen LogP contribution in [-0.4, -0.2) is 47.4 Å². The van der Waals surface area contributed by atoms with Gasteiger partial charge >= 0.3 is 5.97 Å². The number of nitrogens with one attached hydrogen (secondary N) is 1. The molecule has 0 saturated heterocycles. The highest BCUT2D eigenvalue weighted by molar-refractivity contribution is 5.76. The van der Waals surface area contributed by atoms with Gasteiger partial charge in [0.2, 0.25) is 5.91 Å². The van der Waals surface area contributed by atoms with E-state index in [1.807, 2.05) is 0 Å². The van der Waals surface area contributed by atoms with Crippen LogP contribution in [0.2, 0.25) is 0 Å². The molecular weight excluding hydrogens is 683 g/mol. The normalized spacial score (nSPS) is 12.7. The van der Waals surface area contributed by atoms with Gasteiger partial charge in [0.25, 0.3) is 0 Å². The molecule has 3 N–H and O–H groups in total. The molecule has 55 heavy (non-hydrogen) atoms. The van der Waals surface area contributed by atoms with Gasteiger partial charge in [0.15, 0.2) is 0 Å². The van der Waals surface area contributed by atoms with Crippen LogP contribution in [0.3, 0.4) is 0 Å². The van der Waals surface area contributed by atoms with Crippen LogP contribution in [0, 0.1) is 0 Å². The van der Waals surface area contributed by atoms with Crippen LogP contribution in [0.5, 0.6) is 0 Å². The molecule has 0 aromatic heterocycles. The fourth-order valence-corrected chi connectivity index (χ4v) is 7.52. The van der Waals surface area contributed by atoms with Crippen LogP contribution >= 0.6 is 0 Å². The minimum Gasteiger partial charge on any atom is -0.466 e. The minimum absolute atomic E-state index is 0.0317. The maximum atomic E-state index is 12.4. The summed E-state index contributed by atoms with van der Waals surface area (Å²) >= 11 is 0. The lowest BCUT2D eigenvalue weighted by Crippen LogP contribution is -2.45. The Morgan fingerprint density at radius 2 is 0.873 bits per heavy atom. The van der Waals surface area contributed by atoms with Crippen molar-refractivity contribution in [3.05, 3.63) is 12.2 Å². The van der Waals surface area contributed by atoms with Crippen LogP contribution in [-0.2, 0) is 14.3 Å². The summed E-state index contributed by atoms with van der Waals surface area (Å²) in [4.78, 5) is 24.4. The average Bonchev–Trinajstić information content (AvgIpc) is 3.18. The van der Waals surface area contributed by atoms with Gasteiger partial charge in [0.1, 0.15) is 0 Å². The Balaban J connectivity index is 3.49. The van der Waals surface area contributed by atoms with Crippen molar-refractivity contribution in [2.24, 2.45) is 0 Å². The zero-order chi connectivity index (χ0) is 40.1. The van der Waals surface area contributed by atoms with E-state index in [4.69, 9.17) is 4.74 Å². The smallest absolute Gasteiger partial charge is 0.305 e. The standard InChI is InChI=1S/C49H95NO5/c1-3-5-7-9-11-13-15-16-17-18-19-20-21-23-27-31-35-39-43-49(54)55-44-40-36-32-28-24-26-30-34-38-42-48(53)50-46(45-51)47(52)41-37-33-29-25-22-14-12-10-8-6-4-2/h26,30,46-47,51-52H,3-25,27-29,31-45H2,1-2H3,(H,50,53)/b30-26-. The summed E-state index contributed by atoms with van der Waals surface area (Å²) in [5, 5.41) is 23.0. The Morgan fingerprint density at radius 1 is 0.491 bits per heavy atom. The number of allylic oxidation sites excluding steroid dienone is 2. The van der Waals surface area contributed by atoms with Gasteiger partial charge in [-0.05, 0) is 44.9 Å². The van der Waals surface area contributed by atoms with E-state index in [9.17, 15) is 19.8 Å². The van der Waals surface area contributed by atoms with E-state index >= 15 is 0 Å². The van der Waals surface area contributed by atoms with Gasteiger partial charge in [-0.15, -0.1) is 0 Å². The Bertz CT molecular complexity index is 817. The van der Waals surface area contributed by atoms with Gasteiger partial charge in [-0.1, -0.05) is 219 Å². The van der Waals surface area contributed by atoms with E-state index in [-0.39, 0.29) is 18.5 Å². The van der Waals surface area contributed by atoms with Crippen molar-refractivity contribution in [3.63, 3.8) is 0 Å². The van der Waals surface area contributed by atoms with E-state index in [1.165, 1.54) is 161 Å². The molecule has 0 aromatic carbocycles. The summed E-state index contributed by atoms with van der Waals surface area (Å²) in [6.07, 6.45) is 50.4. The first-order valence-electron chi connectivity index (χ1n) is 24.4. The molecule has 0 heterocycles. The maximum Gasteiger partial charge on any atom is 0.305 e. The van der Waals surface area contributed by atoms with Crippen molar-refractivity contribution in [1.29, 1.82) is 0 Å². The number of carbonyl (C=O) groups excluding carboxylic acids is 2. The molecule has 2 unspecified atom stereocenters. The molecule has 0 rings (SSSR count). The number of hydrogen-bond acceptors (Lipinski definition) is 5. The van der Waals surface area contributed by atoms with Crippen molar-refractivity contribution in [1.82, 2.24) is 5.32 Å². The van der Waals surface area contributed by atoms with Crippen LogP contribution in [0.25, 0.3) is 0 Å². The highest BCUT2D eigenvalue weighted by atomic mass is 16.5. The van der Waals surface area contributed by atoms with Crippen LogP contribution in [0.15, 0.2) is 12.2 Å². The number of amides is 1. The second kappa shape index (κ2) is 45.3. The minimum atomic E-state index is -0.692. The predicted octanol–water partition coefficient (Wildman–Crippen LogP) is 14.2. The summed E-state index contributed by atoms with van der Waals surface area (Å²) in [6, 6.07) is -0.576. The van der Waals surface area contributed by atoms with Crippen LogP contribution in [0.1, 0.15) is 264 Å². The molecular formula is C49H95NO5. The number of unbranched alkanes of at least 4 members (excludes halogenated alkanes) is 32. The van der Waals surface area contributed by atoms with Crippen molar-refractivity contribution in [2.75, 3.05) is 13.2 Å². The highest BCUT2D eigenvalue weighted by Crippen LogP contribution is 2.16. The molecule has 0 aliphatic rings. The largest absolute Gasteiger partial charge is 0.466 e. The molecule has 326 valence electrons. The summed E-state index contributed by atoms with van der Waals surface area (Å²) in [7, 11) is 0. The number of ether oxygens (including phenoxy) is 1. The van der Waals surface area contributed by atoms with E-state index < -0.39 is 12.1 Å². The van der Waals surface area contributed by atoms with E-state index in [1.54, 1.807) is 0 Å². The van der Waals surface area contributed by atoms with Gasteiger partial charge in [0, 0.05) is 12.8 Å². The Labute approximate surface area is 342 Å².